The monoisotopic (exact) mass is 487 g/mol. The van der Waals surface area contributed by atoms with E-state index in [0.29, 0.717) is 24.5 Å². The van der Waals surface area contributed by atoms with Crippen molar-refractivity contribution >= 4 is 5.91 Å². The van der Waals surface area contributed by atoms with E-state index in [9.17, 15) is 18.0 Å². The first kappa shape index (κ1) is 23.3. The third kappa shape index (κ3) is 4.62. The summed E-state index contributed by atoms with van der Waals surface area (Å²) < 4.78 is 54.8. The van der Waals surface area contributed by atoms with Gasteiger partial charge in [0.1, 0.15) is 12.4 Å². The molecule has 0 aliphatic carbocycles. The highest BCUT2D eigenvalue weighted by Gasteiger charge is 2.42. The van der Waals surface area contributed by atoms with Gasteiger partial charge in [-0.3, -0.25) is 4.79 Å². The number of halogens is 3. The Morgan fingerprint density at radius 2 is 1.97 bits per heavy atom. The van der Waals surface area contributed by atoms with E-state index in [0.717, 1.165) is 24.0 Å². The van der Waals surface area contributed by atoms with Gasteiger partial charge in [0, 0.05) is 17.7 Å². The van der Waals surface area contributed by atoms with Crippen LogP contribution >= 0.6 is 0 Å². The summed E-state index contributed by atoms with van der Waals surface area (Å²) >= 11 is 0. The molecule has 1 fully saturated rings. The van der Waals surface area contributed by atoms with Gasteiger partial charge in [-0.15, -0.1) is 0 Å². The Hall–Kier alpha value is -3.40. The molecule has 184 valence electrons. The Labute approximate surface area is 199 Å². The molecular formula is C25H24F3N3O4. The molecule has 2 aromatic carbocycles. The van der Waals surface area contributed by atoms with Crippen molar-refractivity contribution in [2.45, 2.75) is 38.5 Å². The number of alkyl halides is 3. The summed E-state index contributed by atoms with van der Waals surface area (Å²) in [7, 11) is 0. The van der Waals surface area contributed by atoms with E-state index < -0.39 is 17.5 Å². The maximum absolute atomic E-state index is 13.9. The summed E-state index contributed by atoms with van der Waals surface area (Å²) in [6, 6.07) is 14.2. The highest BCUT2D eigenvalue weighted by atomic mass is 19.4. The van der Waals surface area contributed by atoms with E-state index in [4.69, 9.17) is 9.47 Å². The third-order valence-corrected chi connectivity index (χ3v) is 6.51. The number of amides is 1. The Morgan fingerprint density at radius 1 is 1.17 bits per heavy atom. The molecule has 2 aliphatic heterocycles. The Morgan fingerprint density at radius 3 is 2.66 bits per heavy atom. The average Bonchev–Trinajstić information content (AvgIpc) is 3.28. The Kier molecular flexibility index (Phi) is 6.00. The minimum absolute atomic E-state index is 0.0143. The first-order valence-electron chi connectivity index (χ1n) is 11.4. The van der Waals surface area contributed by atoms with Crippen LogP contribution in [-0.2, 0) is 22.3 Å². The van der Waals surface area contributed by atoms with E-state index in [1.807, 2.05) is 42.2 Å². The van der Waals surface area contributed by atoms with Crippen LogP contribution in [0.1, 0.15) is 42.8 Å². The molecule has 2 aliphatic rings. The molecule has 3 aromatic rings. The lowest BCUT2D eigenvalue weighted by atomic mass is 9.82. The first-order chi connectivity index (χ1) is 16.7. The zero-order chi connectivity index (χ0) is 24.6. The molecule has 1 saturated heterocycles. The highest BCUT2D eigenvalue weighted by Crippen LogP contribution is 2.39. The fourth-order valence-electron chi connectivity index (χ4n) is 4.58. The average molecular weight is 487 g/mol. The predicted molar refractivity (Wildman–Crippen MR) is 118 cm³/mol. The van der Waals surface area contributed by atoms with Crippen LogP contribution in [0.3, 0.4) is 0 Å². The van der Waals surface area contributed by atoms with Gasteiger partial charge in [0.15, 0.2) is 0 Å². The summed E-state index contributed by atoms with van der Waals surface area (Å²) in [5, 5.41) is 3.46. The Bertz CT molecular complexity index is 1210. The van der Waals surface area contributed by atoms with Gasteiger partial charge >= 0.3 is 12.1 Å². The van der Waals surface area contributed by atoms with Crippen molar-refractivity contribution in [2.24, 2.45) is 5.41 Å². The molecule has 0 saturated carbocycles. The number of hydrogen-bond acceptors (Lipinski definition) is 6. The second-order valence-electron chi connectivity index (χ2n) is 9.13. The minimum atomic E-state index is -4.73. The fraction of sp³-hybridized carbons (Fsp3) is 0.400. The number of fused-ring (bicyclic) bond motifs is 1. The van der Waals surface area contributed by atoms with Gasteiger partial charge in [0.2, 0.25) is 11.7 Å². The lowest BCUT2D eigenvalue weighted by molar-refractivity contribution is -0.159. The lowest BCUT2D eigenvalue weighted by Crippen LogP contribution is -2.48. The van der Waals surface area contributed by atoms with Gasteiger partial charge in [-0.2, -0.15) is 18.2 Å². The maximum Gasteiger partial charge on any atom is 0.471 e. The zero-order valence-electron chi connectivity index (χ0n) is 19.0. The van der Waals surface area contributed by atoms with Crippen LogP contribution in [0, 0.1) is 5.41 Å². The van der Waals surface area contributed by atoms with Crippen molar-refractivity contribution in [1.82, 2.24) is 15.0 Å². The van der Waals surface area contributed by atoms with Crippen molar-refractivity contribution in [2.75, 3.05) is 19.8 Å². The van der Waals surface area contributed by atoms with Gasteiger partial charge in [0.05, 0.1) is 24.6 Å². The summed E-state index contributed by atoms with van der Waals surface area (Å²) in [6.07, 6.45) is -3.18. The van der Waals surface area contributed by atoms with Gasteiger partial charge in [-0.05, 0) is 31.4 Å². The van der Waals surface area contributed by atoms with E-state index in [1.165, 1.54) is 0 Å². The van der Waals surface area contributed by atoms with E-state index >= 15 is 0 Å². The largest absolute Gasteiger partial charge is 0.491 e. The zero-order valence-corrected chi connectivity index (χ0v) is 19.0. The van der Waals surface area contributed by atoms with Crippen LogP contribution < -0.4 is 4.74 Å². The number of nitrogens with zero attached hydrogens (tertiary/aromatic N) is 3. The standard InChI is InChI=1S/C25H24F3N3O4/c1-24(10-5-11-33-15-24)23(32)31-13-18-9-8-17(21-29-22(35-30-21)25(26,27)28)12-20(18)34-14-19(31)16-6-3-2-4-7-16/h2-4,6-9,12,19H,5,10-11,13-15H2,1H3/t19-,24+/m1/s1. The number of benzene rings is 2. The van der Waals surface area contributed by atoms with Crippen LogP contribution in [0.4, 0.5) is 13.2 Å². The molecule has 0 N–H and O–H groups in total. The van der Waals surface area contributed by atoms with Crippen LogP contribution in [0.5, 0.6) is 5.75 Å². The van der Waals surface area contributed by atoms with Crippen molar-refractivity contribution in [1.29, 1.82) is 0 Å². The molecule has 7 nitrogen and oxygen atoms in total. The lowest BCUT2D eigenvalue weighted by Gasteiger charge is -2.39. The number of carbonyl (C=O) groups is 1. The summed E-state index contributed by atoms with van der Waals surface area (Å²) in [4.78, 5) is 19.1. The number of ether oxygens (including phenoxy) is 2. The van der Waals surface area contributed by atoms with E-state index in [1.54, 1.807) is 18.2 Å². The molecule has 3 heterocycles. The second-order valence-corrected chi connectivity index (χ2v) is 9.13. The normalized spacial score (nSPS) is 22.7. The van der Waals surface area contributed by atoms with Gasteiger partial charge < -0.3 is 18.9 Å². The Balaban J connectivity index is 1.49. The van der Waals surface area contributed by atoms with E-state index in [-0.39, 0.29) is 30.9 Å². The fourth-order valence-corrected chi connectivity index (χ4v) is 4.58. The van der Waals surface area contributed by atoms with Crippen molar-refractivity contribution in [3.05, 3.63) is 65.5 Å². The van der Waals surface area contributed by atoms with Crippen LogP contribution in [-0.4, -0.2) is 40.8 Å². The molecule has 35 heavy (non-hydrogen) atoms. The molecule has 0 unspecified atom stereocenters. The minimum Gasteiger partial charge on any atom is -0.491 e. The molecule has 0 spiro atoms. The quantitative estimate of drug-likeness (QED) is 0.516. The molecule has 0 bridgehead atoms. The topological polar surface area (TPSA) is 77.7 Å². The maximum atomic E-state index is 13.9. The molecule has 0 radical (unpaired) electrons. The smallest absolute Gasteiger partial charge is 0.471 e. The second kappa shape index (κ2) is 8.99. The molecular weight excluding hydrogens is 463 g/mol. The van der Waals surface area contributed by atoms with Crippen molar-refractivity contribution in [3.63, 3.8) is 0 Å². The number of rotatable bonds is 3. The summed E-state index contributed by atoms with van der Waals surface area (Å²) in [6.45, 7) is 3.40. The number of carbonyl (C=O) groups excluding carboxylic acids is 1. The van der Waals surface area contributed by atoms with Gasteiger partial charge in [-0.1, -0.05) is 47.6 Å². The highest BCUT2D eigenvalue weighted by molar-refractivity contribution is 5.83. The molecule has 2 atom stereocenters. The predicted octanol–water partition coefficient (Wildman–Crippen LogP) is 5.03. The van der Waals surface area contributed by atoms with Crippen LogP contribution in [0.2, 0.25) is 0 Å². The molecule has 10 heteroatoms. The molecule has 1 amide bonds. The van der Waals surface area contributed by atoms with Crippen LogP contribution in [0.25, 0.3) is 11.4 Å². The first-order valence-corrected chi connectivity index (χ1v) is 11.4. The van der Waals surface area contributed by atoms with E-state index in [2.05, 4.69) is 14.7 Å². The summed E-state index contributed by atoms with van der Waals surface area (Å²) in [5.41, 5.74) is 1.35. The van der Waals surface area contributed by atoms with Gasteiger partial charge in [0.25, 0.3) is 0 Å². The number of aromatic nitrogens is 2. The van der Waals surface area contributed by atoms with Crippen molar-refractivity contribution < 1.29 is 32.0 Å². The third-order valence-electron chi connectivity index (χ3n) is 6.51. The summed E-state index contributed by atoms with van der Waals surface area (Å²) in [5.74, 6) is -1.15. The van der Waals surface area contributed by atoms with Crippen molar-refractivity contribution in [3.8, 4) is 17.1 Å². The van der Waals surface area contributed by atoms with Crippen LogP contribution in [0.15, 0.2) is 53.1 Å². The number of hydrogen-bond donors (Lipinski definition) is 0. The molecule has 1 aromatic heterocycles. The SMILES string of the molecule is C[C@]1(C(=O)N2Cc3ccc(-c4noc(C(F)(F)F)n4)cc3OC[C@@H]2c2ccccc2)CCCOC1. The van der Waals surface area contributed by atoms with Gasteiger partial charge in [-0.25, -0.2) is 0 Å². The molecule has 5 rings (SSSR count).